The van der Waals surface area contributed by atoms with E-state index in [9.17, 15) is 4.79 Å². The quantitative estimate of drug-likeness (QED) is 0.906. The number of methoxy groups -OCH3 is 1. The van der Waals surface area contributed by atoms with Crippen molar-refractivity contribution < 1.29 is 9.53 Å². The van der Waals surface area contributed by atoms with Gasteiger partial charge in [-0.15, -0.1) is 0 Å². The molecule has 0 bridgehead atoms. The van der Waals surface area contributed by atoms with Gasteiger partial charge in [0.2, 0.25) is 0 Å². The Balaban J connectivity index is 1.99. The van der Waals surface area contributed by atoms with Crippen molar-refractivity contribution >= 4 is 5.91 Å². The van der Waals surface area contributed by atoms with Gasteiger partial charge < -0.3 is 10.1 Å². The summed E-state index contributed by atoms with van der Waals surface area (Å²) in [6, 6.07) is 17.1. The molecule has 0 fully saturated rings. The molecule has 20 heavy (non-hydrogen) atoms. The smallest absolute Gasteiger partial charge is 0.251 e. The van der Waals surface area contributed by atoms with Crippen LogP contribution in [0.1, 0.15) is 22.8 Å². The molecule has 2 aromatic carbocycles. The molecule has 1 atom stereocenters. The lowest BCUT2D eigenvalue weighted by Crippen LogP contribution is -2.34. The number of ether oxygens (including phenoxy) is 1. The summed E-state index contributed by atoms with van der Waals surface area (Å²) in [5.41, 5.74) is 1.77. The van der Waals surface area contributed by atoms with Crippen LogP contribution in [-0.2, 0) is 6.42 Å². The Labute approximate surface area is 119 Å². The number of para-hydroxylation sites is 1. The van der Waals surface area contributed by atoms with Crippen LogP contribution in [0.25, 0.3) is 0 Å². The molecule has 0 spiro atoms. The second-order valence-electron chi connectivity index (χ2n) is 4.76. The van der Waals surface area contributed by atoms with Crippen LogP contribution in [0.2, 0.25) is 0 Å². The van der Waals surface area contributed by atoms with Crippen molar-refractivity contribution in [1.29, 1.82) is 0 Å². The van der Waals surface area contributed by atoms with E-state index in [-0.39, 0.29) is 11.9 Å². The number of hydrogen-bond donors (Lipinski definition) is 1. The zero-order valence-corrected chi connectivity index (χ0v) is 11.8. The number of benzene rings is 2. The van der Waals surface area contributed by atoms with Gasteiger partial charge >= 0.3 is 0 Å². The lowest BCUT2D eigenvalue weighted by atomic mass is 10.1. The van der Waals surface area contributed by atoms with Gasteiger partial charge in [-0.1, -0.05) is 36.4 Å². The summed E-state index contributed by atoms with van der Waals surface area (Å²) >= 11 is 0. The molecular formula is C17H19NO2. The van der Waals surface area contributed by atoms with Crippen molar-refractivity contribution in [1.82, 2.24) is 5.32 Å². The van der Waals surface area contributed by atoms with E-state index in [1.165, 1.54) is 0 Å². The van der Waals surface area contributed by atoms with E-state index in [1.54, 1.807) is 7.11 Å². The molecule has 2 aromatic rings. The Kier molecular flexibility index (Phi) is 4.77. The van der Waals surface area contributed by atoms with Crippen molar-refractivity contribution in [3.05, 3.63) is 65.7 Å². The molecule has 0 aliphatic heterocycles. The number of nitrogens with one attached hydrogen (secondary N) is 1. The lowest BCUT2D eigenvalue weighted by molar-refractivity contribution is 0.0940. The van der Waals surface area contributed by atoms with Crippen molar-refractivity contribution in [3.63, 3.8) is 0 Å². The number of hydrogen-bond acceptors (Lipinski definition) is 2. The van der Waals surface area contributed by atoms with E-state index < -0.39 is 0 Å². The molecule has 1 N–H and O–H groups in total. The van der Waals surface area contributed by atoms with Crippen molar-refractivity contribution in [2.45, 2.75) is 19.4 Å². The Bertz CT molecular complexity index is 566. The fourth-order valence-electron chi connectivity index (χ4n) is 2.15. The SMILES string of the molecule is COc1ccccc1CC(C)NC(=O)c1ccccc1. The normalized spacial score (nSPS) is 11.7. The monoisotopic (exact) mass is 269 g/mol. The molecule has 0 aromatic heterocycles. The molecule has 3 heteroatoms. The topological polar surface area (TPSA) is 38.3 Å². The Morgan fingerprint density at radius 1 is 1.10 bits per heavy atom. The third-order valence-corrected chi connectivity index (χ3v) is 3.13. The van der Waals surface area contributed by atoms with E-state index in [0.29, 0.717) is 5.56 Å². The summed E-state index contributed by atoms with van der Waals surface area (Å²) in [5, 5.41) is 3.00. The van der Waals surface area contributed by atoms with Crippen LogP contribution in [0.3, 0.4) is 0 Å². The van der Waals surface area contributed by atoms with Crippen molar-refractivity contribution in [2.24, 2.45) is 0 Å². The summed E-state index contributed by atoms with van der Waals surface area (Å²) < 4.78 is 5.32. The Hall–Kier alpha value is -2.29. The Morgan fingerprint density at radius 3 is 2.45 bits per heavy atom. The van der Waals surface area contributed by atoms with Crippen molar-refractivity contribution in [2.75, 3.05) is 7.11 Å². The Morgan fingerprint density at radius 2 is 1.75 bits per heavy atom. The minimum atomic E-state index is -0.0482. The maximum atomic E-state index is 12.1. The summed E-state index contributed by atoms with van der Waals surface area (Å²) in [5.74, 6) is 0.807. The zero-order chi connectivity index (χ0) is 14.4. The van der Waals surface area contributed by atoms with Crippen LogP contribution >= 0.6 is 0 Å². The summed E-state index contributed by atoms with van der Waals surface area (Å²) in [6.45, 7) is 1.99. The first-order valence-electron chi connectivity index (χ1n) is 6.68. The van der Waals surface area contributed by atoms with Gasteiger partial charge in [0.1, 0.15) is 5.75 Å². The van der Waals surface area contributed by atoms with Crippen LogP contribution in [-0.4, -0.2) is 19.1 Å². The van der Waals surface area contributed by atoms with Crippen LogP contribution in [0.4, 0.5) is 0 Å². The van der Waals surface area contributed by atoms with Gasteiger partial charge in [0, 0.05) is 11.6 Å². The molecule has 3 nitrogen and oxygen atoms in total. The molecule has 0 heterocycles. The third kappa shape index (κ3) is 3.60. The average molecular weight is 269 g/mol. The standard InChI is InChI=1S/C17H19NO2/c1-13(12-15-10-6-7-11-16(15)20-2)18-17(19)14-8-4-3-5-9-14/h3-11,13H,12H2,1-2H3,(H,18,19). The van der Waals surface area contributed by atoms with Crippen molar-refractivity contribution in [3.8, 4) is 5.75 Å². The number of carbonyl (C=O) groups excluding carboxylic acids is 1. The third-order valence-electron chi connectivity index (χ3n) is 3.13. The molecule has 2 rings (SSSR count). The highest BCUT2D eigenvalue weighted by atomic mass is 16.5. The van der Waals surface area contributed by atoms with E-state index >= 15 is 0 Å². The highest BCUT2D eigenvalue weighted by Gasteiger charge is 2.11. The number of rotatable bonds is 5. The summed E-state index contributed by atoms with van der Waals surface area (Å²) in [7, 11) is 1.66. The van der Waals surface area contributed by atoms with Crippen LogP contribution in [0, 0.1) is 0 Å². The molecule has 0 radical (unpaired) electrons. The van der Waals surface area contributed by atoms with E-state index in [0.717, 1.165) is 17.7 Å². The first-order chi connectivity index (χ1) is 9.70. The van der Waals surface area contributed by atoms with Gasteiger partial charge in [-0.3, -0.25) is 4.79 Å². The highest BCUT2D eigenvalue weighted by molar-refractivity contribution is 5.94. The predicted octanol–water partition coefficient (Wildman–Crippen LogP) is 3.06. The first-order valence-corrected chi connectivity index (χ1v) is 6.68. The molecular weight excluding hydrogens is 250 g/mol. The minimum Gasteiger partial charge on any atom is -0.496 e. The molecule has 1 amide bonds. The molecule has 0 aliphatic carbocycles. The van der Waals surface area contributed by atoms with E-state index in [1.807, 2.05) is 61.5 Å². The van der Waals surface area contributed by atoms with Gasteiger partial charge in [0.05, 0.1) is 7.11 Å². The molecule has 0 saturated heterocycles. The maximum absolute atomic E-state index is 12.1. The van der Waals surface area contributed by atoms with Crippen LogP contribution < -0.4 is 10.1 Å². The van der Waals surface area contributed by atoms with Crippen LogP contribution in [0.5, 0.6) is 5.75 Å². The van der Waals surface area contributed by atoms with Gasteiger partial charge in [0.15, 0.2) is 0 Å². The highest BCUT2D eigenvalue weighted by Crippen LogP contribution is 2.18. The largest absolute Gasteiger partial charge is 0.496 e. The van der Waals surface area contributed by atoms with Gasteiger partial charge in [-0.2, -0.15) is 0 Å². The van der Waals surface area contributed by atoms with E-state index in [2.05, 4.69) is 5.32 Å². The maximum Gasteiger partial charge on any atom is 0.251 e. The average Bonchev–Trinajstić information content (AvgIpc) is 2.48. The molecule has 104 valence electrons. The number of amides is 1. The molecule has 1 unspecified atom stereocenters. The van der Waals surface area contributed by atoms with Gasteiger partial charge in [-0.05, 0) is 37.1 Å². The fraction of sp³-hybridized carbons (Fsp3) is 0.235. The first kappa shape index (κ1) is 14.1. The number of carbonyl (C=O) groups is 1. The van der Waals surface area contributed by atoms with E-state index in [4.69, 9.17) is 4.74 Å². The second kappa shape index (κ2) is 6.75. The predicted molar refractivity (Wildman–Crippen MR) is 80.1 cm³/mol. The van der Waals surface area contributed by atoms with Gasteiger partial charge in [0.25, 0.3) is 5.91 Å². The minimum absolute atomic E-state index is 0.0407. The zero-order valence-electron chi connectivity index (χ0n) is 11.8. The molecule has 0 saturated carbocycles. The van der Waals surface area contributed by atoms with Crippen LogP contribution in [0.15, 0.2) is 54.6 Å². The fourth-order valence-corrected chi connectivity index (χ4v) is 2.15. The molecule has 0 aliphatic rings. The second-order valence-corrected chi connectivity index (χ2v) is 4.76. The van der Waals surface area contributed by atoms with Gasteiger partial charge in [-0.25, -0.2) is 0 Å². The lowest BCUT2D eigenvalue weighted by Gasteiger charge is -2.16. The summed E-state index contributed by atoms with van der Waals surface area (Å²) in [4.78, 5) is 12.1. The summed E-state index contributed by atoms with van der Waals surface area (Å²) in [6.07, 6.45) is 0.739.